The number of carbonyl (C=O) groups is 1. The molecule has 20 heavy (non-hydrogen) atoms. The van der Waals surface area contributed by atoms with Crippen LogP contribution in [0.15, 0.2) is 18.2 Å². The van der Waals surface area contributed by atoms with Gasteiger partial charge in [0.05, 0.1) is 11.6 Å². The van der Waals surface area contributed by atoms with E-state index in [1.54, 1.807) is 13.8 Å². The van der Waals surface area contributed by atoms with Gasteiger partial charge in [-0.05, 0) is 38.0 Å². The fraction of sp³-hybridized carbons (Fsp3) is 0.429. The number of amides is 1. The Morgan fingerprint density at radius 3 is 2.45 bits per heavy atom. The lowest BCUT2D eigenvalue weighted by Gasteiger charge is -2.20. The van der Waals surface area contributed by atoms with Gasteiger partial charge >= 0.3 is 6.18 Å². The topological polar surface area (TPSA) is 52.9 Å². The van der Waals surface area contributed by atoms with Crippen molar-refractivity contribution in [3.05, 3.63) is 29.3 Å². The monoisotopic (exact) mass is 284 g/mol. The molecule has 1 atom stereocenters. The Bertz CT molecular complexity index is 561. The zero-order valence-electron chi connectivity index (χ0n) is 11.4. The van der Waals surface area contributed by atoms with Crippen LogP contribution in [0.1, 0.15) is 31.4 Å². The standard InChI is InChI=1S/C14H15F3N2O/c1-4-13(3,8-18)12(20)19-11-7-10(14(15,16)17)6-5-9(11)2/h5-7H,4H2,1-3H3,(H,19,20). The molecule has 0 aliphatic carbocycles. The molecule has 0 aliphatic rings. The van der Waals surface area contributed by atoms with E-state index in [1.807, 2.05) is 6.07 Å². The number of nitrogens with one attached hydrogen (secondary N) is 1. The second-order valence-corrected chi connectivity index (χ2v) is 4.78. The van der Waals surface area contributed by atoms with Crippen LogP contribution in [0.25, 0.3) is 0 Å². The minimum Gasteiger partial charge on any atom is -0.324 e. The summed E-state index contributed by atoms with van der Waals surface area (Å²) in [6.07, 6.45) is -4.20. The van der Waals surface area contributed by atoms with Crippen LogP contribution in [0, 0.1) is 23.7 Å². The van der Waals surface area contributed by atoms with E-state index in [0.29, 0.717) is 5.56 Å². The Kier molecular flexibility index (Phi) is 4.43. The van der Waals surface area contributed by atoms with Crippen LogP contribution in [0.3, 0.4) is 0 Å². The number of nitrogens with zero attached hydrogens (tertiary/aromatic N) is 1. The lowest BCUT2D eigenvalue weighted by Crippen LogP contribution is -2.31. The first-order valence-electron chi connectivity index (χ1n) is 6.04. The summed E-state index contributed by atoms with van der Waals surface area (Å²) < 4.78 is 37.9. The van der Waals surface area contributed by atoms with Gasteiger partial charge in [-0.3, -0.25) is 4.79 Å². The molecule has 0 aromatic heterocycles. The lowest BCUT2D eigenvalue weighted by atomic mass is 9.88. The summed E-state index contributed by atoms with van der Waals surface area (Å²) in [6.45, 7) is 4.71. The third kappa shape index (κ3) is 3.29. The summed E-state index contributed by atoms with van der Waals surface area (Å²) >= 11 is 0. The molecule has 0 heterocycles. The molecule has 0 aliphatic heterocycles. The van der Waals surface area contributed by atoms with Crippen molar-refractivity contribution in [1.82, 2.24) is 0 Å². The Balaban J connectivity index is 3.10. The highest BCUT2D eigenvalue weighted by Gasteiger charge is 2.33. The molecule has 0 spiro atoms. The SMILES string of the molecule is CCC(C)(C#N)C(=O)Nc1cc(C(F)(F)F)ccc1C. The van der Waals surface area contributed by atoms with Crippen molar-refractivity contribution in [2.75, 3.05) is 5.32 Å². The van der Waals surface area contributed by atoms with Gasteiger partial charge < -0.3 is 5.32 Å². The maximum absolute atomic E-state index is 12.6. The van der Waals surface area contributed by atoms with E-state index in [9.17, 15) is 18.0 Å². The van der Waals surface area contributed by atoms with Crippen molar-refractivity contribution in [3.8, 4) is 6.07 Å². The third-order valence-corrected chi connectivity index (χ3v) is 3.27. The van der Waals surface area contributed by atoms with Gasteiger partial charge in [-0.25, -0.2) is 0 Å². The smallest absolute Gasteiger partial charge is 0.324 e. The van der Waals surface area contributed by atoms with Crippen LogP contribution in [-0.4, -0.2) is 5.91 Å². The third-order valence-electron chi connectivity index (χ3n) is 3.27. The molecule has 1 aromatic rings. The van der Waals surface area contributed by atoms with Crippen LogP contribution in [0.4, 0.5) is 18.9 Å². The average Bonchev–Trinajstić information content (AvgIpc) is 2.38. The number of aryl methyl sites for hydroxylation is 1. The van der Waals surface area contributed by atoms with Crippen LogP contribution >= 0.6 is 0 Å². The second-order valence-electron chi connectivity index (χ2n) is 4.78. The molecule has 1 unspecified atom stereocenters. The highest BCUT2D eigenvalue weighted by Crippen LogP contribution is 2.32. The van der Waals surface area contributed by atoms with Crippen LogP contribution in [-0.2, 0) is 11.0 Å². The molecular formula is C14H15F3N2O. The molecule has 1 rings (SSSR count). The molecule has 108 valence electrons. The van der Waals surface area contributed by atoms with Gasteiger partial charge in [-0.1, -0.05) is 13.0 Å². The maximum Gasteiger partial charge on any atom is 0.416 e. The Labute approximate surface area is 115 Å². The van der Waals surface area contributed by atoms with E-state index in [1.165, 1.54) is 13.0 Å². The zero-order chi connectivity index (χ0) is 15.6. The second kappa shape index (κ2) is 5.53. The highest BCUT2D eigenvalue weighted by atomic mass is 19.4. The average molecular weight is 284 g/mol. The summed E-state index contributed by atoms with van der Waals surface area (Å²) in [4.78, 5) is 12.0. The van der Waals surface area contributed by atoms with Crippen LogP contribution in [0.2, 0.25) is 0 Å². The molecule has 0 bridgehead atoms. The van der Waals surface area contributed by atoms with Crippen molar-refractivity contribution in [3.63, 3.8) is 0 Å². The minimum atomic E-state index is -4.48. The molecule has 0 saturated carbocycles. The van der Waals surface area contributed by atoms with Crippen molar-refractivity contribution in [2.24, 2.45) is 5.41 Å². The predicted octanol–water partition coefficient (Wildman–Crippen LogP) is 3.89. The van der Waals surface area contributed by atoms with Crippen molar-refractivity contribution < 1.29 is 18.0 Å². The molecule has 1 N–H and O–H groups in total. The van der Waals surface area contributed by atoms with Gasteiger partial charge in [0.25, 0.3) is 0 Å². The number of alkyl halides is 3. The van der Waals surface area contributed by atoms with Gasteiger partial charge in [0.2, 0.25) is 5.91 Å². The fourth-order valence-corrected chi connectivity index (χ4v) is 1.48. The van der Waals surface area contributed by atoms with Crippen molar-refractivity contribution in [2.45, 2.75) is 33.4 Å². The maximum atomic E-state index is 12.6. The summed E-state index contributed by atoms with van der Waals surface area (Å²) in [7, 11) is 0. The van der Waals surface area contributed by atoms with E-state index in [4.69, 9.17) is 5.26 Å². The van der Waals surface area contributed by atoms with Crippen molar-refractivity contribution in [1.29, 1.82) is 5.26 Å². The summed E-state index contributed by atoms with van der Waals surface area (Å²) in [5.41, 5.74) is -1.53. The van der Waals surface area contributed by atoms with E-state index in [2.05, 4.69) is 5.32 Å². The molecule has 1 aromatic carbocycles. The normalized spacial score (nSPS) is 14.2. The molecule has 6 heteroatoms. The number of rotatable bonds is 3. The number of hydrogen-bond acceptors (Lipinski definition) is 2. The van der Waals surface area contributed by atoms with Gasteiger partial charge in [0, 0.05) is 5.69 Å². The first kappa shape index (κ1) is 16.0. The molecule has 1 amide bonds. The lowest BCUT2D eigenvalue weighted by molar-refractivity contribution is -0.137. The van der Waals surface area contributed by atoms with E-state index >= 15 is 0 Å². The summed E-state index contributed by atoms with van der Waals surface area (Å²) in [5.74, 6) is -0.607. The molecule has 0 radical (unpaired) electrons. The van der Waals surface area contributed by atoms with E-state index in [0.717, 1.165) is 12.1 Å². The first-order chi connectivity index (χ1) is 9.14. The van der Waals surface area contributed by atoms with Crippen molar-refractivity contribution >= 4 is 11.6 Å². The predicted molar refractivity (Wildman–Crippen MR) is 68.8 cm³/mol. The Hall–Kier alpha value is -2.03. The molecule has 3 nitrogen and oxygen atoms in total. The molecule has 0 fully saturated rings. The largest absolute Gasteiger partial charge is 0.416 e. The number of anilines is 1. The van der Waals surface area contributed by atoms with Gasteiger partial charge in [0.15, 0.2) is 0 Å². The first-order valence-corrected chi connectivity index (χ1v) is 6.04. The summed E-state index contributed by atoms with van der Waals surface area (Å²) in [6, 6.07) is 4.99. The van der Waals surface area contributed by atoms with Gasteiger partial charge in [-0.15, -0.1) is 0 Å². The Morgan fingerprint density at radius 1 is 1.40 bits per heavy atom. The number of nitriles is 1. The van der Waals surface area contributed by atoms with E-state index in [-0.39, 0.29) is 12.1 Å². The Morgan fingerprint density at radius 2 is 2.00 bits per heavy atom. The number of benzene rings is 1. The summed E-state index contributed by atoms with van der Waals surface area (Å²) in [5, 5.41) is 11.4. The minimum absolute atomic E-state index is 0.0692. The molecule has 0 saturated heterocycles. The fourth-order valence-electron chi connectivity index (χ4n) is 1.48. The van der Waals surface area contributed by atoms with Gasteiger partial charge in [0.1, 0.15) is 5.41 Å². The van der Waals surface area contributed by atoms with Crippen LogP contribution < -0.4 is 5.32 Å². The molecular weight excluding hydrogens is 269 g/mol. The van der Waals surface area contributed by atoms with Crippen LogP contribution in [0.5, 0.6) is 0 Å². The van der Waals surface area contributed by atoms with E-state index < -0.39 is 23.1 Å². The zero-order valence-corrected chi connectivity index (χ0v) is 11.4. The van der Waals surface area contributed by atoms with Gasteiger partial charge in [-0.2, -0.15) is 18.4 Å². The number of halogens is 3. The number of hydrogen-bond donors (Lipinski definition) is 1. The quantitative estimate of drug-likeness (QED) is 0.915. The number of carbonyl (C=O) groups excluding carboxylic acids is 1. The highest BCUT2D eigenvalue weighted by molar-refractivity contribution is 5.97.